The average Bonchev–Trinajstić information content (AvgIpc) is 2.52. The fourth-order valence-corrected chi connectivity index (χ4v) is 2.07. The number of hydrogen-bond donors (Lipinski definition) is 0. The third-order valence-electron chi connectivity index (χ3n) is 1.85. The molecule has 1 rings (SSSR count). The number of carbonyl (C=O) groups excluding carboxylic acids is 1. The first kappa shape index (κ1) is 8.91. The fraction of sp³-hybridized carbons (Fsp3) is 0.875. The number of hydrogen-bond acceptors (Lipinski definition) is 2. The topological polar surface area (TPSA) is 20.3 Å². The molecule has 11 heavy (non-hydrogen) atoms. The van der Waals surface area contributed by atoms with Crippen LogP contribution in [-0.4, -0.2) is 29.0 Å². The Bertz CT molecular complexity index is 132. The van der Waals surface area contributed by atoms with E-state index in [9.17, 15) is 4.79 Å². The van der Waals surface area contributed by atoms with Gasteiger partial charge in [0.25, 0.3) is 0 Å². The Morgan fingerprint density at radius 3 is 3.00 bits per heavy atom. The summed E-state index contributed by atoms with van der Waals surface area (Å²) in [5, 5.41) is 0. The maximum atomic E-state index is 11.3. The summed E-state index contributed by atoms with van der Waals surface area (Å²) in [6.45, 7) is 3.08. The van der Waals surface area contributed by atoms with Crippen LogP contribution in [0.15, 0.2) is 0 Å². The smallest absolute Gasteiger partial charge is 0.223 e. The predicted molar refractivity (Wildman–Crippen MR) is 48.6 cm³/mol. The first-order valence-electron chi connectivity index (χ1n) is 4.20. The molecule has 0 aromatic heterocycles. The maximum Gasteiger partial charge on any atom is 0.223 e. The van der Waals surface area contributed by atoms with Crippen molar-refractivity contribution in [3.8, 4) is 0 Å². The van der Waals surface area contributed by atoms with Crippen molar-refractivity contribution in [2.24, 2.45) is 0 Å². The molecule has 1 saturated heterocycles. The van der Waals surface area contributed by atoms with E-state index in [1.165, 1.54) is 0 Å². The largest absolute Gasteiger partial charge is 0.333 e. The molecule has 0 aromatic rings. The highest BCUT2D eigenvalue weighted by atomic mass is 32.2. The van der Waals surface area contributed by atoms with E-state index in [0.29, 0.717) is 5.91 Å². The van der Waals surface area contributed by atoms with Gasteiger partial charge in [-0.2, -0.15) is 0 Å². The molecule has 0 N–H and O–H groups in total. The van der Waals surface area contributed by atoms with Crippen molar-refractivity contribution < 1.29 is 4.79 Å². The van der Waals surface area contributed by atoms with Crippen LogP contribution in [0.1, 0.15) is 26.2 Å². The van der Waals surface area contributed by atoms with Crippen molar-refractivity contribution >= 4 is 17.7 Å². The van der Waals surface area contributed by atoms with Gasteiger partial charge in [-0.1, -0.05) is 13.3 Å². The number of thioether (sulfide) groups is 1. The van der Waals surface area contributed by atoms with Gasteiger partial charge in [0.15, 0.2) is 0 Å². The third kappa shape index (κ3) is 2.73. The summed E-state index contributed by atoms with van der Waals surface area (Å²) in [5.41, 5.74) is 0. The van der Waals surface area contributed by atoms with Crippen molar-refractivity contribution in [2.75, 3.05) is 18.2 Å². The Labute approximate surface area is 72.3 Å². The SMILES string of the molecule is CCCCC(=O)N1CCSC1. The van der Waals surface area contributed by atoms with Gasteiger partial charge in [0.1, 0.15) is 0 Å². The summed E-state index contributed by atoms with van der Waals surface area (Å²) in [6, 6.07) is 0. The van der Waals surface area contributed by atoms with Gasteiger partial charge >= 0.3 is 0 Å². The molecule has 2 nitrogen and oxygen atoms in total. The van der Waals surface area contributed by atoms with Crippen LogP contribution in [-0.2, 0) is 4.79 Å². The van der Waals surface area contributed by atoms with E-state index in [2.05, 4.69) is 6.92 Å². The van der Waals surface area contributed by atoms with Gasteiger partial charge in [0.2, 0.25) is 5.91 Å². The standard InChI is InChI=1S/C8H15NOS/c1-2-3-4-8(10)9-5-6-11-7-9/h2-7H2,1H3. The molecule has 1 aliphatic rings. The van der Waals surface area contributed by atoms with Gasteiger partial charge in [-0.3, -0.25) is 4.79 Å². The van der Waals surface area contributed by atoms with Gasteiger partial charge in [0, 0.05) is 18.7 Å². The summed E-state index contributed by atoms with van der Waals surface area (Å²) in [4.78, 5) is 13.3. The monoisotopic (exact) mass is 173 g/mol. The van der Waals surface area contributed by atoms with Crippen molar-refractivity contribution in [1.82, 2.24) is 4.90 Å². The minimum absolute atomic E-state index is 0.344. The number of rotatable bonds is 3. The summed E-state index contributed by atoms with van der Waals surface area (Å²) in [5.74, 6) is 2.39. The van der Waals surface area contributed by atoms with E-state index in [1.54, 1.807) is 0 Å². The molecule has 0 radical (unpaired) electrons. The Morgan fingerprint density at radius 2 is 2.45 bits per heavy atom. The fourth-order valence-electron chi connectivity index (χ4n) is 1.10. The zero-order valence-corrected chi connectivity index (χ0v) is 7.82. The zero-order chi connectivity index (χ0) is 8.10. The van der Waals surface area contributed by atoms with Gasteiger partial charge in [-0.15, -0.1) is 11.8 Å². The molecule has 64 valence electrons. The lowest BCUT2D eigenvalue weighted by Gasteiger charge is -2.13. The summed E-state index contributed by atoms with van der Waals surface area (Å²) in [7, 11) is 0. The van der Waals surface area contributed by atoms with Gasteiger partial charge in [-0.25, -0.2) is 0 Å². The summed E-state index contributed by atoms with van der Waals surface area (Å²) in [6.07, 6.45) is 2.91. The van der Waals surface area contributed by atoms with Crippen LogP contribution in [0.4, 0.5) is 0 Å². The number of nitrogens with zero attached hydrogens (tertiary/aromatic N) is 1. The average molecular weight is 173 g/mol. The van der Waals surface area contributed by atoms with Crippen LogP contribution >= 0.6 is 11.8 Å². The molecule has 1 fully saturated rings. The maximum absolute atomic E-state index is 11.3. The van der Waals surface area contributed by atoms with E-state index in [-0.39, 0.29) is 0 Å². The predicted octanol–water partition coefficient (Wildman–Crippen LogP) is 1.71. The first-order chi connectivity index (χ1) is 5.34. The van der Waals surface area contributed by atoms with Crippen LogP contribution in [0.2, 0.25) is 0 Å². The van der Waals surface area contributed by atoms with Crippen molar-refractivity contribution in [1.29, 1.82) is 0 Å². The molecule has 1 aliphatic heterocycles. The van der Waals surface area contributed by atoms with Gasteiger partial charge in [0.05, 0.1) is 5.88 Å². The van der Waals surface area contributed by atoms with E-state index in [4.69, 9.17) is 0 Å². The lowest BCUT2D eigenvalue weighted by molar-refractivity contribution is -0.129. The molecular weight excluding hydrogens is 158 g/mol. The minimum atomic E-state index is 0.344. The number of amides is 1. The van der Waals surface area contributed by atoms with Crippen LogP contribution in [0.3, 0.4) is 0 Å². The summed E-state index contributed by atoms with van der Waals surface area (Å²) < 4.78 is 0. The normalized spacial score (nSPS) is 17.4. The zero-order valence-electron chi connectivity index (χ0n) is 7.01. The molecule has 0 spiro atoms. The molecule has 1 amide bonds. The molecule has 0 atom stereocenters. The number of carbonyl (C=O) groups is 1. The molecule has 0 bridgehead atoms. The van der Waals surface area contributed by atoms with Gasteiger partial charge in [-0.05, 0) is 6.42 Å². The van der Waals surface area contributed by atoms with E-state index in [1.807, 2.05) is 16.7 Å². The highest BCUT2D eigenvalue weighted by Gasteiger charge is 2.16. The van der Waals surface area contributed by atoms with Crippen LogP contribution in [0.5, 0.6) is 0 Å². The Morgan fingerprint density at radius 1 is 1.64 bits per heavy atom. The number of unbranched alkanes of at least 4 members (excludes halogenated alkanes) is 1. The van der Waals surface area contributed by atoms with Crippen LogP contribution < -0.4 is 0 Å². The first-order valence-corrected chi connectivity index (χ1v) is 5.35. The van der Waals surface area contributed by atoms with Crippen LogP contribution in [0, 0.1) is 0 Å². The minimum Gasteiger partial charge on any atom is -0.333 e. The van der Waals surface area contributed by atoms with E-state index < -0.39 is 0 Å². The Kier molecular flexibility index (Phi) is 3.77. The molecule has 0 aliphatic carbocycles. The second kappa shape index (κ2) is 4.65. The quantitative estimate of drug-likeness (QED) is 0.647. The second-order valence-corrected chi connectivity index (χ2v) is 3.87. The van der Waals surface area contributed by atoms with Crippen molar-refractivity contribution in [2.45, 2.75) is 26.2 Å². The van der Waals surface area contributed by atoms with Crippen molar-refractivity contribution in [3.05, 3.63) is 0 Å². The lowest BCUT2D eigenvalue weighted by atomic mass is 10.2. The molecule has 0 unspecified atom stereocenters. The molecule has 1 heterocycles. The Hall–Kier alpha value is -0.180. The Balaban J connectivity index is 2.17. The molecule has 0 aromatic carbocycles. The highest BCUT2D eigenvalue weighted by molar-refractivity contribution is 7.99. The third-order valence-corrected chi connectivity index (χ3v) is 2.82. The molecule has 0 saturated carbocycles. The lowest BCUT2D eigenvalue weighted by Crippen LogP contribution is -2.27. The van der Waals surface area contributed by atoms with E-state index >= 15 is 0 Å². The highest BCUT2D eigenvalue weighted by Crippen LogP contribution is 2.14. The molecular formula is C8H15NOS. The van der Waals surface area contributed by atoms with Crippen molar-refractivity contribution in [3.63, 3.8) is 0 Å². The van der Waals surface area contributed by atoms with E-state index in [0.717, 1.165) is 37.4 Å². The summed E-state index contributed by atoms with van der Waals surface area (Å²) >= 11 is 1.85. The second-order valence-electron chi connectivity index (χ2n) is 2.80. The molecule has 3 heteroatoms. The van der Waals surface area contributed by atoms with Gasteiger partial charge < -0.3 is 4.90 Å². The van der Waals surface area contributed by atoms with Crippen LogP contribution in [0.25, 0.3) is 0 Å².